The third kappa shape index (κ3) is 2.37. The van der Waals surface area contributed by atoms with E-state index in [4.69, 9.17) is 0 Å². The fraction of sp³-hybridized carbons (Fsp3) is 0.286. The van der Waals surface area contributed by atoms with Gasteiger partial charge in [0.1, 0.15) is 23.5 Å². The van der Waals surface area contributed by atoms with Crippen molar-refractivity contribution in [2.75, 3.05) is 31.2 Å². The molecule has 4 N–H and O–H groups in total. The number of nitrogens with one attached hydrogen (secondary N) is 1. The highest BCUT2D eigenvalue weighted by Crippen LogP contribution is 2.32. The number of rotatable bonds is 5. The Morgan fingerprint density at radius 1 is 1.10 bits per heavy atom. The molecule has 21 heavy (non-hydrogen) atoms. The summed E-state index contributed by atoms with van der Waals surface area (Å²) in [5, 5.41) is 29.7. The molecule has 0 saturated heterocycles. The summed E-state index contributed by atoms with van der Waals surface area (Å²) in [6.07, 6.45) is 1.44. The first kappa shape index (κ1) is 13.6. The number of hydrogen-bond donors (Lipinski definition) is 4. The number of fused-ring (bicyclic) bond motifs is 3. The second-order valence-corrected chi connectivity index (χ2v) is 4.71. The molecule has 2 aromatic heterocycles. The van der Waals surface area contributed by atoms with Gasteiger partial charge in [-0.3, -0.25) is 0 Å². The van der Waals surface area contributed by atoms with E-state index in [0.717, 1.165) is 16.3 Å². The first-order valence-corrected chi connectivity index (χ1v) is 6.66. The number of benzene rings is 1. The van der Waals surface area contributed by atoms with Gasteiger partial charge in [0.2, 0.25) is 0 Å². The van der Waals surface area contributed by atoms with Crippen molar-refractivity contribution in [3.05, 3.63) is 24.5 Å². The fourth-order valence-electron chi connectivity index (χ4n) is 2.50. The summed E-state index contributed by atoms with van der Waals surface area (Å²) in [5.74, 6) is 0.786. The van der Waals surface area contributed by atoms with Crippen LogP contribution in [-0.2, 0) is 0 Å². The molecule has 1 aromatic carbocycles. The molecule has 0 aliphatic rings. The standard InChI is InChI=1S/C14H16N4O3/c19-5-3-18(4-6-20)14-12-10-7-9(21)1-2-11(10)17-13(12)15-8-16-14/h1-2,7-8,19-21H,3-6H2,(H,15,16,17). The minimum Gasteiger partial charge on any atom is -0.508 e. The normalized spacial score (nSPS) is 11.3. The molecule has 3 rings (SSSR count). The Morgan fingerprint density at radius 2 is 1.86 bits per heavy atom. The molecule has 0 bridgehead atoms. The quantitative estimate of drug-likeness (QED) is 0.548. The number of aromatic hydroxyl groups is 1. The fourth-order valence-corrected chi connectivity index (χ4v) is 2.50. The van der Waals surface area contributed by atoms with E-state index in [1.54, 1.807) is 23.1 Å². The highest BCUT2D eigenvalue weighted by molar-refractivity contribution is 6.11. The van der Waals surface area contributed by atoms with Crippen LogP contribution in [0.15, 0.2) is 24.5 Å². The first-order chi connectivity index (χ1) is 10.2. The minimum atomic E-state index is -0.0426. The van der Waals surface area contributed by atoms with Crippen molar-refractivity contribution in [1.82, 2.24) is 15.0 Å². The second kappa shape index (κ2) is 5.55. The third-order valence-electron chi connectivity index (χ3n) is 3.39. The average Bonchev–Trinajstić information content (AvgIpc) is 2.85. The van der Waals surface area contributed by atoms with E-state index in [1.165, 1.54) is 6.33 Å². The van der Waals surface area contributed by atoms with Gasteiger partial charge in [0.15, 0.2) is 0 Å². The number of phenolic OH excluding ortho intramolecular Hbond substituents is 1. The monoisotopic (exact) mass is 288 g/mol. The largest absolute Gasteiger partial charge is 0.508 e. The Hall–Kier alpha value is -2.38. The van der Waals surface area contributed by atoms with Crippen molar-refractivity contribution >= 4 is 27.8 Å². The molecule has 0 spiro atoms. The molecule has 0 amide bonds. The van der Waals surface area contributed by atoms with Gasteiger partial charge in [-0.25, -0.2) is 9.97 Å². The SMILES string of the molecule is OCCN(CCO)c1ncnc2[nH]c3ccc(O)cc3c12. The predicted octanol–water partition coefficient (Wildman–Crippen LogP) is 0.608. The van der Waals surface area contributed by atoms with Crippen LogP contribution in [0.5, 0.6) is 5.75 Å². The molecular formula is C14H16N4O3. The molecule has 7 nitrogen and oxygen atoms in total. The van der Waals surface area contributed by atoms with Gasteiger partial charge in [0.25, 0.3) is 0 Å². The highest BCUT2D eigenvalue weighted by Gasteiger charge is 2.16. The van der Waals surface area contributed by atoms with Crippen molar-refractivity contribution in [3.63, 3.8) is 0 Å². The molecule has 2 heterocycles. The Balaban J connectivity index is 2.26. The maximum absolute atomic E-state index is 9.70. The predicted molar refractivity (Wildman–Crippen MR) is 79.4 cm³/mol. The lowest BCUT2D eigenvalue weighted by Gasteiger charge is -2.22. The Bertz CT molecular complexity index is 765. The smallest absolute Gasteiger partial charge is 0.143 e. The van der Waals surface area contributed by atoms with Crippen LogP contribution in [0.25, 0.3) is 21.9 Å². The molecule has 3 aromatic rings. The van der Waals surface area contributed by atoms with Crippen molar-refractivity contribution in [1.29, 1.82) is 0 Å². The van der Waals surface area contributed by atoms with Crippen molar-refractivity contribution in [2.45, 2.75) is 0 Å². The molecular weight excluding hydrogens is 272 g/mol. The van der Waals surface area contributed by atoms with Crippen molar-refractivity contribution in [2.24, 2.45) is 0 Å². The number of phenols is 1. The van der Waals surface area contributed by atoms with Crippen LogP contribution in [0.2, 0.25) is 0 Å². The summed E-state index contributed by atoms with van der Waals surface area (Å²) < 4.78 is 0. The molecule has 0 fully saturated rings. The highest BCUT2D eigenvalue weighted by atomic mass is 16.3. The summed E-state index contributed by atoms with van der Waals surface area (Å²) in [5.41, 5.74) is 1.50. The zero-order valence-corrected chi connectivity index (χ0v) is 11.3. The second-order valence-electron chi connectivity index (χ2n) is 4.71. The molecule has 7 heteroatoms. The lowest BCUT2D eigenvalue weighted by molar-refractivity contribution is 0.281. The number of nitrogens with zero attached hydrogens (tertiary/aromatic N) is 3. The van der Waals surface area contributed by atoms with Crippen molar-refractivity contribution in [3.8, 4) is 5.75 Å². The number of aliphatic hydroxyl groups excluding tert-OH is 2. The van der Waals surface area contributed by atoms with Crippen LogP contribution in [0.4, 0.5) is 5.82 Å². The molecule has 0 atom stereocenters. The van der Waals surface area contributed by atoms with Gasteiger partial charge in [0.05, 0.1) is 18.6 Å². The number of hydrogen-bond acceptors (Lipinski definition) is 6. The molecule has 0 radical (unpaired) electrons. The van der Waals surface area contributed by atoms with Crippen LogP contribution in [0.3, 0.4) is 0 Å². The van der Waals surface area contributed by atoms with E-state index in [0.29, 0.717) is 24.6 Å². The van der Waals surface area contributed by atoms with Crippen LogP contribution in [0, 0.1) is 0 Å². The van der Waals surface area contributed by atoms with Gasteiger partial charge in [-0.1, -0.05) is 0 Å². The lowest BCUT2D eigenvalue weighted by Crippen LogP contribution is -2.30. The summed E-state index contributed by atoms with van der Waals surface area (Å²) in [4.78, 5) is 13.5. The molecule has 0 unspecified atom stereocenters. The van der Waals surface area contributed by atoms with Gasteiger partial charge in [-0.05, 0) is 18.2 Å². The number of aromatic nitrogens is 3. The minimum absolute atomic E-state index is 0.0426. The average molecular weight is 288 g/mol. The van der Waals surface area contributed by atoms with E-state index >= 15 is 0 Å². The first-order valence-electron chi connectivity index (χ1n) is 6.66. The van der Waals surface area contributed by atoms with Crippen LogP contribution in [0.1, 0.15) is 0 Å². The summed E-state index contributed by atoms with van der Waals surface area (Å²) in [6.45, 7) is 0.633. The molecule has 0 saturated carbocycles. The van der Waals surface area contributed by atoms with Gasteiger partial charge >= 0.3 is 0 Å². The van der Waals surface area contributed by atoms with Crippen molar-refractivity contribution < 1.29 is 15.3 Å². The maximum Gasteiger partial charge on any atom is 0.143 e. The van der Waals surface area contributed by atoms with Gasteiger partial charge < -0.3 is 25.2 Å². The summed E-state index contributed by atoms with van der Waals surface area (Å²) >= 11 is 0. The zero-order chi connectivity index (χ0) is 14.8. The Labute approximate surface area is 120 Å². The maximum atomic E-state index is 9.70. The van der Waals surface area contributed by atoms with E-state index in [2.05, 4.69) is 15.0 Å². The zero-order valence-electron chi connectivity index (χ0n) is 11.3. The summed E-state index contributed by atoms with van der Waals surface area (Å²) in [6, 6.07) is 5.03. The Kier molecular flexibility index (Phi) is 3.59. The number of anilines is 1. The topological polar surface area (TPSA) is 106 Å². The van der Waals surface area contributed by atoms with Gasteiger partial charge in [0, 0.05) is 24.0 Å². The van der Waals surface area contributed by atoms with Crippen LogP contribution >= 0.6 is 0 Å². The Morgan fingerprint density at radius 3 is 2.57 bits per heavy atom. The lowest BCUT2D eigenvalue weighted by atomic mass is 10.2. The van der Waals surface area contributed by atoms with E-state index in [-0.39, 0.29) is 19.0 Å². The van der Waals surface area contributed by atoms with Gasteiger partial charge in [-0.2, -0.15) is 0 Å². The molecule has 0 aliphatic heterocycles. The number of aromatic amines is 1. The van der Waals surface area contributed by atoms with E-state index in [9.17, 15) is 15.3 Å². The van der Waals surface area contributed by atoms with E-state index < -0.39 is 0 Å². The molecule has 110 valence electrons. The third-order valence-corrected chi connectivity index (χ3v) is 3.39. The van der Waals surface area contributed by atoms with E-state index in [1.807, 2.05) is 0 Å². The number of aliphatic hydroxyl groups is 2. The summed E-state index contributed by atoms with van der Waals surface area (Å²) in [7, 11) is 0. The molecule has 0 aliphatic carbocycles. The van der Waals surface area contributed by atoms with Gasteiger partial charge in [-0.15, -0.1) is 0 Å². The number of H-pyrrole nitrogens is 1. The van der Waals surface area contributed by atoms with Crippen LogP contribution in [-0.4, -0.2) is 56.6 Å². The van der Waals surface area contributed by atoms with Crippen LogP contribution < -0.4 is 4.90 Å².